The summed E-state index contributed by atoms with van der Waals surface area (Å²) >= 11 is 0. The quantitative estimate of drug-likeness (QED) is 0.427. The van der Waals surface area contributed by atoms with Crippen LogP contribution in [0.5, 0.6) is 0 Å². The molecule has 0 aliphatic carbocycles. The van der Waals surface area contributed by atoms with Gasteiger partial charge in [0.2, 0.25) is 0 Å². The predicted octanol–water partition coefficient (Wildman–Crippen LogP) is 0.532. The molecule has 0 spiro atoms. The van der Waals surface area contributed by atoms with Crippen LogP contribution in [-0.4, -0.2) is 19.0 Å². The third-order valence-electron chi connectivity index (χ3n) is 1.14. The van der Waals surface area contributed by atoms with Crippen molar-refractivity contribution in [3.8, 4) is 0 Å². The summed E-state index contributed by atoms with van der Waals surface area (Å²) in [6.45, 7) is 4.52. The molecule has 44 valence electrons. The standard InChI is InChI=1S/C6H8O2/c1-5-4-8-3-2-6(5)7/h1-4H2. The van der Waals surface area contributed by atoms with Crippen molar-refractivity contribution in [1.82, 2.24) is 0 Å². The molecule has 1 heterocycles. The van der Waals surface area contributed by atoms with Gasteiger partial charge in [0.1, 0.15) is 0 Å². The molecule has 0 unspecified atom stereocenters. The first-order chi connectivity index (χ1) is 3.80. The Labute approximate surface area is 48.1 Å². The van der Waals surface area contributed by atoms with Gasteiger partial charge in [-0.3, -0.25) is 4.79 Å². The average molecular weight is 112 g/mol. The molecule has 0 N–H and O–H groups in total. The van der Waals surface area contributed by atoms with Gasteiger partial charge in [0.15, 0.2) is 5.78 Å². The summed E-state index contributed by atoms with van der Waals surface area (Å²) in [5.41, 5.74) is 0.608. The van der Waals surface area contributed by atoms with E-state index in [1.807, 2.05) is 0 Å². The van der Waals surface area contributed by atoms with Crippen molar-refractivity contribution in [2.75, 3.05) is 13.2 Å². The third kappa shape index (κ3) is 0.954. The van der Waals surface area contributed by atoms with Crippen LogP contribution in [0.25, 0.3) is 0 Å². The summed E-state index contributed by atoms with van der Waals surface area (Å²) in [5.74, 6) is 0.149. The van der Waals surface area contributed by atoms with Crippen molar-refractivity contribution >= 4 is 5.78 Å². The molecule has 1 aliphatic rings. The average Bonchev–Trinajstić information content (AvgIpc) is 1.77. The second-order valence-electron chi connectivity index (χ2n) is 1.83. The van der Waals surface area contributed by atoms with E-state index in [2.05, 4.69) is 6.58 Å². The molecule has 8 heavy (non-hydrogen) atoms. The van der Waals surface area contributed by atoms with Crippen LogP contribution in [0.1, 0.15) is 6.42 Å². The Hall–Kier alpha value is -0.630. The first-order valence-corrected chi connectivity index (χ1v) is 2.59. The monoisotopic (exact) mass is 112 g/mol. The normalized spacial score (nSPS) is 21.5. The van der Waals surface area contributed by atoms with Gasteiger partial charge in [0, 0.05) is 12.0 Å². The van der Waals surface area contributed by atoms with Gasteiger partial charge in [0.05, 0.1) is 13.2 Å². The smallest absolute Gasteiger partial charge is 0.162 e. The number of ketones is 1. The van der Waals surface area contributed by atoms with Crippen LogP contribution in [0.3, 0.4) is 0 Å². The lowest BCUT2D eigenvalue weighted by molar-refractivity contribution is -0.119. The zero-order chi connectivity index (χ0) is 5.98. The molecular weight excluding hydrogens is 104 g/mol. The molecule has 0 aromatic heterocycles. The van der Waals surface area contributed by atoms with Gasteiger partial charge in [-0.2, -0.15) is 0 Å². The van der Waals surface area contributed by atoms with E-state index < -0.39 is 0 Å². The molecule has 1 aliphatic heterocycles. The fraction of sp³-hybridized carbons (Fsp3) is 0.500. The Balaban J connectivity index is 2.52. The Morgan fingerprint density at radius 3 is 2.75 bits per heavy atom. The van der Waals surface area contributed by atoms with E-state index in [4.69, 9.17) is 4.74 Å². The molecule has 0 aromatic carbocycles. The van der Waals surface area contributed by atoms with Gasteiger partial charge in [-0.1, -0.05) is 6.58 Å². The van der Waals surface area contributed by atoms with Crippen LogP contribution in [0.4, 0.5) is 0 Å². The molecule has 2 heteroatoms. The summed E-state index contributed by atoms with van der Waals surface area (Å²) in [6.07, 6.45) is 0.513. The summed E-state index contributed by atoms with van der Waals surface area (Å²) in [4.78, 5) is 10.6. The van der Waals surface area contributed by atoms with Gasteiger partial charge in [0.25, 0.3) is 0 Å². The second-order valence-corrected chi connectivity index (χ2v) is 1.83. The SMILES string of the molecule is C=C1COCCC1=O. The van der Waals surface area contributed by atoms with Gasteiger partial charge >= 0.3 is 0 Å². The minimum absolute atomic E-state index is 0.149. The van der Waals surface area contributed by atoms with Crippen molar-refractivity contribution < 1.29 is 9.53 Å². The lowest BCUT2D eigenvalue weighted by atomic mass is 10.1. The van der Waals surface area contributed by atoms with Crippen molar-refractivity contribution in [1.29, 1.82) is 0 Å². The van der Waals surface area contributed by atoms with E-state index in [0.717, 1.165) is 0 Å². The lowest BCUT2D eigenvalue weighted by Crippen LogP contribution is -2.17. The first kappa shape index (κ1) is 5.51. The maximum atomic E-state index is 10.6. The van der Waals surface area contributed by atoms with Gasteiger partial charge in [-0.15, -0.1) is 0 Å². The molecule has 1 rings (SSSR count). The number of carbonyl (C=O) groups is 1. The van der Waals surface area contributed by atoms with E-state index >= 15 is 0 Å². The van der Waals surface area contributed by atoms with E-state index in [9.17, 15) is 4.79 Å². The minimum atomic E-state index is 0.149. The van der Waals surface area contributed by atoms with E-state index in [-0.39, 0.29) is 5.78 Å². The van der Waals surface area contributed by atoms with E-state index in [0.29, 0.717) is 25.2 Å². The molecule has 1 saturated heterocycles. The number of hydrogen-bond acceptors (Lipinski definition) is 2. The molecule has 2 nitrogen and oxygen atoms in total. The van der Waals surface area contributed by atoms with E-state index in [1.54, 1.807) is 0 Å². The molecule has 1 fully saturated rings. The van der Waals surface area contributed by atoms with Crippen LogP contribution in [0.15, 0.2) is 12.2 Å². The first-order valence-electron chi connectivity index (χ1n) is 2.59. The number of hydrogen-bond donors (Lipinski definition) is 0. The summed E-state index contributed by atoms with van der Waals surface area (Å²) in [6, 6.07) is 0. The highest BCUT2D eigenvalue weighted by Gasteiger charge is 2.11. The topological polar surface area (TPSA) is 26.3 Å². The minimum Gasteiger partial charge on any atom is -0.376 e. The van der Waals surface area contributed by atoms with Crippen LogP contribution >= 0.6 is 0 Å². The Bertz CT molecular complexity index is 110. The van der Waals surface area contributed by atoms with Crippen LogP contribution < -0.4 is 0 Å². The van der Waals surface area contributed by atoms with Gasteiger partial charge in [-0.25, -0.2) is 0 Å². The van der Waals surface area contributed by atoms with Crippen LogP contribution in [0, 0.1) is 0 Å². The molecule has 0 radical (unpaired) electrons. The van der Waals surface area contributed by atoms with Crippen molar-refractivity contribution in [3.63, 3.8) is 0 Å². The second kappa shape index (κ2) is 2.09. The third-order valence-corrected chi connectivity index (χ3v) is 1.14. The molecule has 0 atom stereocenters. The zero-order valence-electron chi connectivity index (χ0n) is 4.64. The Morgan fingerprint density at radius 1 is 1.62 bits per heavy atom. The fourth-order valence-corrected chi connectivity index (χ4v) is 0.618. The van der Waals surface area contributed by atoms with Gasteiger partial charge in [-0.05, 0) is 0 Å². The molecule has 0 amide bonds. The molecule has 0 bridgehead atoms. The number of Topliss-reactive ketones (excluding diaryl/α,β-unsaturated/α-hetero) is 1. The van der Waals surface area contributed by atoms with Crippen LogP contribution in [0.2, 0.25) is 0 Å². The highest BCUT2D eigenvalue weighted by molar-refractivity contribution is 5.95. The highest BCUT2D eigenvalue weighted by atomic mass is 16.5. The summed E-state index contributed by atoms with van der Waals surface area (Å²) in [7, 11) is 0. The summed E-state index contributed by atoms with van der Waals surface area (Å²) in [5, 5.41) is 0. The van der Waals surface area contributed by atoms with Crippen molar-refractivity contribution in [2.24, 2.45) is 0 Å². The molecule has 0 aromatic rings. The highest BCUT2D eigenvalue weighted by Crippen LogP contribution is 2.04. The van der Waals surface area contributed by atoms with Gasteiger partial charge < -0.3 is 4.74 Å². The van der Waals surface area contributed by atoms with Crippen molar-refractivity contribution in [3.05, 3.63) is 12.2 Å². The predicted molar refractivity (Wildman–Crippen MR) is 29.6 cm³/mol. The zero-order valence-corrected chi connectivity index (χ0v) is 4.64. The lowest BCUT2D eigenvalue weighted by Gasteiger charge is -2.10. The molecule has 0 saturated carbocycles. The number of rotatable bonds is 0. The fourth-order valence-electron chi connectivity index (χ4n) is 0.618. The number of ether oxygens (including phenoxy) is 1. The van der Waals surface area contributed by atoms with Crippen molar-refractivity contribution in [2.45, 2.75) is 6.42 Å². The maximum absolute atomic E-state index is 10.6. The van der Waals surface area contributed by atoms with Crippen LogP contribution in [-0.2, 0) is 9.53 Å². The summed E-state index contributed by atoms with van der Waals surface area (Å²) < 4.78 is 4.93. The maximum Gasteiger partial charge on any atom is 0.162 e. The number of carbonyl (C=O) groups excluding carboxylic acids is 1. The molecular formula is C6H8O2. The largest absolute Gasteiger partial charge is 0.376 e. The Kier molecular flexibility index (Phi) is 1.44. The Morgan fingerprint density at radius 2 is 2.38 bits per heavy atom. The van der Waals surface area contributed by atoms with E-state index in [1.165, 1.54) is 0 Å².